The van der Waals surface area contributed by atoms with Gasteiger partial charge in [-0.15, -0.1) is 0 Å². The summed E-state index contributed by atoms with van der Waals surface area (Å²) in [7, 11) is 0. The normalized spacial score (nSPS) is 16.2. The zero-order valence-electron chi connectivity index (χ0n) is 14.7. The van der Waals surface area contributed by atoms with Crippen molar-refractivity contribution in [1.82, 2.24) is 19.5 Å². The van der Waals surface area contributed by atoms with Gasteiger partial charge in [-0.1, -0.05) is 11.8 Å². The summed E-state index contributed by atoms with van der Waals surface area (Å²) in [6.45, 7) is 1.40. The van der Waals surface area contributed by atoms with E-state index in [1.165, 1.54) is 18.1 Å². The number of alkyl halides is 1. The van der Waals surface area contributed by atoms with Gasteiger partial charge in [-0.3, -0.25) is 0 Å². The van der Waals surface area contributed by atoms with Crippen LogP contribution in [0.4, 0.5) is 10.2 Å². The maximum Gasteiger partial charge on any atom is 0.175 e. The molecule has 1 aliphatic carbocycles. The van der Waals surface area contributed by atoms with Crippen LogP contribution in [0.5, 0.6) is 0 Å². The fourth-order valence-electron chi connectivity index (χ4n) is 3.36. The first kappa shape index (κ1) is 18.9. The summed E-state index contributed by atoms with van der Waals surface area (Å²) < 4.78 is 17.4. The van der Waals surface area contributed by atoms with E-state index in [0.717, 1.165) is 56.2 Å². The van der Waals surface area contributed by atoms with E-state index in [4.69, 9.17) is 11.5 Å². The van der Waals surface area contributed by atoms with E-state index < -0.39 is 6.17 Å². The maximum absolute atomic E-state index is 14.2. The molecule has 6 nitrogen and oxygen atoms in total. The lowest BCUT2D eigenvalue weighted by Crippen LogP contribution is -2.05. The third kappa shape index (κ3) is 3.64. The molecule has 27 heavy (non-hydrogen) atoms. The Morgan fingerprint density at radius 2 is 2.15 bits per heavy atom. The fourth-order valence-corrected chi connectivity index (χ4v) is 5.19. The van der Waals surface area contributed by atoms with Crippen LogP contribution in [0.25, 0.3) is 11.2 Å². The second kappa shape index (κ2) is 7.88. The van der Waals surface area contributed by atoms with Gasteiger partial charge in [0.15, 0.2) is 22.1 Å². The Labute approximate surface area is 174 Å². The van der Waals surface area contributed by atoms with Gasteiger partial charge < -0.3 is 16.0 Å². The molecule has 0 radical (unpaired) electrons. The van der Waals surface area contributed by atoms with Crippen molar-refractivity contribution in [3.8, 4) is 0 Å². The predicted octanol–water partition coefficient (Wildman–Crippen LogP) is 3.86. The van der Waals surface area contributed by atoms with Crippen molar-refractivity contribution < 1.29 is 4.39 Å². The zero-order valence-corrected chi connectivity index (χ0v) is 17.6. The topological polar surface area (TPSA) is 95.6 Å². The van der Waals surface area contributed by atoms with Gasteiger partial charge in [0.1, 0.15) is 12.5 Å². The first-order valence-electron chi connectivity index (χ1n) is 8.89. The van der Waals surface area contributed by atoms with Crippen molar-refractivity contribution in [3.63, 3.8) is 0 Å². The van der Waals surface area contributed by atoms with E-state index in [0.29, 0.717) is 24.3 Å². The number of nitrogen functional groups attached to an aromatic ring is 1. The number of nitrogens with two attached hydrogens (primary N) is 2. The number of aryl methyl sites for hydroxylation is 2. The number of anilines is 1. The molecule has 1 aromatic carbocycles. The minimum atomic E-state index is -0.874. The Kier molecular flexibility index (Phi) is 5.51. The first-order valence-corrected chi connectivity index (χ1v) is 10.8. The predicted molar refractivity (Wildman–Crippen MR) is 113 cm³/mol. The highest BCUT2D eigenvalue weighted by atomic mass is 127. The molecule has 1 aliphatic rings. The van der Waals surface area contributed by atoms with Gasteiger partial charge in [-0.05, 0) is 78.1 Å². The Morgan fingerprint density at radius 3 is 2.96 bits per heavy atom. The second-order valence-corrected chi connectivity index (χ2v) is 8.73. The lowest BCUT2D eigenvalue weighted by molar-refractivity contribution is 0.343. The van der Waals surface area contributed by atoms with Gasteiger partial charge in [-0.2, -0.15) is 0 Å². The van der Waals surface area contributed by atoms with E-state index in [-0.39, 0.29) is 0 Å². The number of imidazole rings is 1. The minimum absolute atomic E-state index is 0.367. The van der Waals surface area contributed by atoms with Crippen LogP contribution >= 0.6 is 34.4 Å². The lowest BCUT2D eigenvalue weighted by atomic mass is 10.1. The molecule has 0 spiro atoms. The van der Waals surface area contributed by atoms with Crippen LogP contribution in [0, 0.1) is 3.57 Å². The van der Waals surface area contributed by atoms with Crippen molar-refractivity contribution in [2.45, 2.75) is 48.5 Å². The van der Waals surface area contributed by atoms with Crippen LogP contribution in [-0.2, 0) is 13.0 Å². The fraction of sp³-hybridized carbons (Fsp3) is 0.389. The highest BCUT2D eigenvalue weighted by Crippen LogP contribution is 2.41. The van der Waals surface area contributed by atoms with Crippen LogP contribution in [0.15, 0.2) is 28.5 Å². The molecule has 0 amide bonds. The minimum Gasteiger partial charge on any atom is -0.382 e. The van der Waals surface area contributed by atoms with Gasteiger partial charge in [0.2, 0.25) is 0 Å². The third-order valence-corrected chi connectivity index (χ3v) is 7.07. The van der Waals surface area contributed by atoms with E-state index in [1.807, 2.05) is 6.07 Å². The maximum atomic E-state index is 14.2. The van der Waals surface area contributed by atoms with Crippen LogP contribution < -0.4 is 11.5 Å². The molecule has 142 valence electrons. The van der Waals surface area contributed by atoms with Crippen LogP contribution in [0.2, 0.25) is 0 Å². The number of benzene rings is 1. The molecule has 2 aromatic heterocycles. The number of fused-ring (bicyclic) bond motifs is 2. The van der Waals surface area contributed by atoms with Crippen molar-refractivity contribution in [1.29, 1.82) is 0 Å². The molecule has 0 fully saturated rings. The molecule has 1 atom stereocenters. The highest BCUT2D eigenvalue weighted by molar-refractivity contribution is 14.1. The second-order valence-electron chi connectivity index (χ2n) is 6.56. The molecule has 2 heterocycles. The summed E-state index contributed by atoms with van der Waals surface area (Å²) in [6.07, 6.45) is 3.81. The zero-order chi connectivity index (χ0) is 19.0. The van der Waals surface area contributed by atoms with Crippen LogP contribution in [-0.4, -0.2) is 26.1 Å². The van der Waals surface area contributed by atoms with Crippen LogP contribution in [0.1, 0.15) is 36.6 Å². The number of halogens is 2. The number of aromatic nitrogens is 4. The van der Waals surface area contributed by atoms with Gasteiger partial charge in [0, 0.05) is 15.0 Å². The molecule has 0 saturated carbocycles. The largest absolute Gasteiger partial charge is 0.382 e. The van der Waals surface area contributed by atoms with E-state index in [1.54, 1.807) is 0 Å². The Morgan fingerprint density at radius 1 is 1.30 bits per heavy atom. The van der Waals surface area contributed by atoms with Gasteiger partial charge in [0.25, 0.3) is 0 Å². The number of hydrogen-bond donors (Lipinski definition) is 2. The van der Waals surface area contributed by atoms with Crippen molar-refractivity contribution >= 4 is 51.3 Å². The number of hydrogen-bond acceptors (Lipinski definition) is 6. The van der Waals surface area contributed by atoms with E-state index in [9.17, 15) is 4.39 Å². The summed E-state index contributed by atoms with van der Waals surface area (Å²) in [5.74, 6) is 0.367. The number of unbranched alkanes of at least 4 members (excludes halogenated alkanes) is 1. The SMILES string of the molecule is NCCCCn1c(Sc2cc3c(cc2I)CCC3F)nc2c(N)ncnc21. The first-order chi connectivity index (χ1) is 13.1. The average molecular weight is 498 g/mol. The van der Waals surface area contributed by atoms with Crippen LogP contribution in [0.3, 0.4) is 0 Å². The Hall–Kier alpha value is -1.46. The molecule has 0 saturated heterocycles. The van der Waals surface area contributed by atoms with E-state index in [2.05, 4.69) is 48.2 Å². The molecule has 3 aromatic rings. The molecule has 0 aliphatic heterocycles. The molecular formula is C18H20FIN6S. The Bertz CT molecular complexity index is 992. The van der Waals surface area contributed by atoms with Gasteiger partial charge in [0.05, 0.1) is 0 Å². The molecule has 1 unspecified atom stereocenters. The van der Waals surface area contributed by atoms with Gasteiger partial charge in [-0.25, -0.2) is 19.3 Å². The van der Waals surface area contributed by atoms with E-state index >= 15 is 0 Å². The quantitative estimate of drug-likeness (QED) is 0.396. The molecule has 4 N–H and O–H groups in total. The highest BCUT2D eigenvalue weighted by Gasteiger charge is 2.24. The van der Waals surface area contributed by atoms with Crippen molar-refractivity contribution in [2.24, 2.45) is 5.73 Å². The summed E-state index contributed by atoms with van der Waals surface area (Å²) >= 11 is 3.83. The molecule has 4 rings (SSSR count). The molecule has 9 heteroatoms. The third-order valence-electron chi connectivity index (χ3n) is 4.76. The number of nitrogens with zero attached hydrogens (tertiary/aromatic N) is 4. The summed E-state index contributed by atoms with van der Waals surface area (Å²) in [6, 6.07) is 4.06. The van der Waals surface area contributed by atoms with Crippen molar-refractivity contribution in [3.05, 3.63) is 33.2 Å². The summed E-state index contributed by atoms with van der Waals surface area (Å²) in [4.78, 5) is 14.1. The standard InChI is InChI=1S/C18H20FIN6S/c19-12-4-3-10-7-13(20)14(8-11(10)12)27-18-25-15-16(22)23-9-24-17(15)26(18)6-2-1-5-21/h7-9,12H,1-6,21H2,(H2,22,23,24). The molecular weight excluding hydrogens is 478 g/mol. The smallest absolute Gasteiger partial charge is 0.175 e. The number of rotatable bonds is 6. The molecule has 0 bridgehead atoms. The lowest BCUT2D eigenvalue weighted by Gasteiger charge is -2.11. The summed E-state index contributed by atoms with van der Waals surface area (Å²) in [5, 5.41) is 0.792. The van der Waals surface area contributed by atoms with Crippen molar-refractivity contribution in [2.75, 3.05) is 12.3 Å². The van der Waals surface area contributed by atoms with Gasteiger partial charge >= 0.3 is 0 Å². The average Bonchev–Trinajstić information content (AvgIpc) is 3.18. The monoisotopic (exact) mass is 498 g/mol. The summed E-state index contributed by atoms with van der Waals surface area (Å²) in [5.41, 5.74) is 14.9. The Balaban J connectivity index is 1.74.